The lowest BCUT2D eigenvalue weighted by Gasteiger charge is -2.33. The molecule has 7 nitrogen and oxygen atoms in total. The molecule has 35 heavy (non-hydrogen) atoms. The fourth-order valence-corrected chi connectivity index (χ4v) is 4.42. The minimum atomic E-state index is -1.00. The SMILES string of the molecule is Cc1ccccc1[C@@H](C(=O)NC1CCCC1)N(C(=O)CNC(=O)c1ccco1)c1ccc(F)cc1. The highest BCUT2D eigenvalue weighted by Gasteiger charge is 2.35. The van der Waals surface area contributed by atoms with Crippen molar-refractivity contribution in [1.29, 1.82) is 0 Å². The van der Waals surface area contributed by atoms with Gasteiger partial charge in [-0.15, -0.1) is 0 Å². The maximum atomic E-state index is 13.7. The van der Waals surface area contributed by atoms with E-state index in [9.17, 15) is 18.8 Å². The van der Waals surface area contributed by atoms with Crippen molar-refractivity contribution >= 4 is 23.4 Å². The third-order valence-electron chi connectivity index (χ3n) is 6.21. The zero-order valence-corrected chi connectivity index (χ0v) is 19.5. The number of furan rings is 1. The fraction of sp³-hybridized carbons (Fsp3) is 0.296. The fourth-order valence-electron chi connectivity index (χ4n) is 4.42. The van der Waals surface area contributed by atoms with Gasteiger partial charge in [-0.1, -0.05) is 37.1 Å². The zero-order chi connectivity index (χ0) is 24.8. The number of amides is 3. The molecule has 0 saturated heterocycles. The van der Waals surface area contributed by atoms with E-state index < -0.39 is 23.7 Å². The van der Waals surface area contributed by atoms with Crippen LogP contribution in [0, 0.1) is 12.7 Å². The number of rotatable bonds is 8. The molecule has 0 aliphatic heterocycles. The molecule has 1 aliphatic carbocycles. The summed E-state index contributed by atoms with van der Waals surface area (Å²) in [6, 6.07) is 14.8. The summed E-state index contributed by atoms with van der Waals surface area (Å²) in [5.41, 5.74) is 1.83. The number of halogens is 1. The monoisotopic (exact) mass is 477 g/mol. The molecule has 1 atom stereocenters. The molecule has 4 rings (SSSR count). The first-order valence-corrected chi connectivity index (χ1v) is 11.7. The van der Waals surface area contributed by atoms with Crippen LogP contribution < -0.4 is 15.5 Å². The summed E-state index contributed by atoms with van der Waals surface area (Å²) in [5.74, 6) is -1.78. The van der Waals surface area contributed by atoms with Gasteiger partial charge in [0.2, 0.25) is 11.8 Å². The van der Waals surface area contributed by atoms with Crippen molar-refractivity contribution < 1.29 is 23.2 Å². The largest absolute Gasteiger partial charge is 0.459 e. The van der Waals surface area contributed by atoms with Gasteiger partial charge in [0.05, 0.1) is 12.8 Å². The number of carbonyl (C=O) groups is 3. The van der Waals surface area contributed by atoms with E-state index in [2.05, 4.69) is 10.6 Å². The van der Waals surface area contributed by atoms with Crippen LogP contribution in [0.2, 0.25) is 0 Å². The van der Waals surface area contributed by atoms with E-state index in [4.69, 9.17) is 4.42 Å². The van der Waals surface area contributed by atoms with Crippen LogP contribution in [0.1, 0.15) is 53.4 Å². The Kier molecular flexibility index (Phi) is 7.60. The van der Waals surface area contributed by atoms with Crippen molar-refractivity contribution in [1.82, 2.24) is 10.6 Å². The molecule has 3 amide bonds. The van der Waals surface area contributed by atoms with E-state index in [-0.39, 0.29) is 24.3 Å². The number of carbonyl (C=O) groups excluding carboxylic acids is 3. The van der Waals surface area contributed by atoms with Gasteiger partial charge < -0.3 is 15.1 Å². The number of anilines is 1. The van der Waals surface area contributed by atoms with E-state index in [1.54, 1.807) is 12.1 Å². The molecular weight excluding hydrogens is 449 g/mol. The summed E-state index contributed by atoms with van der Waals surface area (Å²) in [5, 5.41) is 5.65. The normalized spacial score (nSPS) is 14.3. The first-order chi connectivity index (χ1) is 16.9. The average molecular weight is 478 g/mol. The Morgan fingerprint density at radius 3 is 2.40 bits per heavy atom. The van der Waals surface area contributed by atoms with E-state index in [0.29, 0.717) is 11.3 Å². The van der Waals surface area contributed by atoms with E-state index in [1.165, 1.54) is 41.5 Å². The van der Waals surface area contributed by atoms with Crippen molar-refractivity contribution in [2.45, 2.75) is 44.7 Å². The Bertz CT molecular complexity index is 1170. The lowest BCUT2D eigenvalue weighted by Crippen LogP contribution is -2.49. The molecule has 2 N–H and O–H groups in total. The predicted octanol–water partition coefficient (Wildman–Crippen LogP) is 4.29. The summed E-state index contributed by atoms with van der Waals surface area (Å²) in [6.45, 7) is 1.49. The number of nitrogens with zero attached hydrogens (tertiary/aromatic N) is 1. The standard InChI is InChI=1S/C27H28FN3O4/c1-18-7-2-5-10-22(18)25(27(34)30-20-8-3-4-9-20)31(21-14-12-19(28)13-15-21)24(32)17-29-26(33)23-11-6-16-35-23/h2,5-7,10-16,20,25H,3-4,8-9,17H2,1H3,(H,29,33)(H,30,34)/t25-/m0/s1. The van der Waals surface area contributed by atoms with Gasteiger partial charge in [0.1, 0.15) is 11.9 Å². The minimum Gasteiger partial charge on any atom is -0.459 e. The van der Waals surface area contributed by atoms with Crippen LogP contribution in [0.4, 0.5) is 10.1 Å². The smallest absolute Gasteiger partial charge is 0.287 e. The molecule has 182 valence electrons. The van der Waals surface area contributed by atoms with Crippen molar-refractivity contribution in [3.63, 3.8) is 0 Å². The third kappa shape index (κ3) is 5.77. The molecule has 2 aromatic carbocycles. The van der Waals surface area contributed by atoms with Crippen molar-refractivity contribution in [3.8, 4) is 0 Å². The van der Waals surface area contributed by atoms with Gasteiger partial charge >= 0.3 is 0 Å². The second-order valence-electron chi connectivity index (χ2n) is 8.65. The van der Waals surface area contributed by atoms with E-state index >= 15 is 0 Å². The van der Waals surface area contributed by atoms with Gasteiger partial charge in [0.15, 0.2) is 5.76 Å². The summed E-state index contributed by atoms with van der Waals surface area (Å²) >= 11 is 0. The average Bonchev–Trinajstić information content (AvgIpc) is 3.57. The van der Waals surface area contributed by atoms with Crippen LogP contribution in [0.15, 0.2) is 71.3 Å². The maximum absolute atomic E-state index is 13.7. The number of benzene rings is 2. The summed E-state index contributed by atoms with van der Waals surface area (Å²) in [6.07, 6.45) is 5.22. The van der Waals surface area contributed by atoms with Crippen LogP contribution in [0.5, 0.6) is 0 Å². The van der Waals surface area contributed by atoms with E-state index in [1.807, 2.05) is 25.1 Å². The number of nitrogens with one attached hydrogen (secondary N) is 2. The molecular formula is C27H28FN3O4. The van der Waals surface area contributed by atoms with Gasteiger partial charge in [0, 0.05) is 11.7 Å². The second kappa shape index (κ2) is 11.0. The molecule has 0 spiro atoms. The lowest BCUT2D eigenvalue weighted by atomic mass is 9.97. The van der Waals surface area contributed by atoms with Crippen molar-refractivity contribution in [2.24, 2.45) is 0 Å². The zero-order valence-electron chi connectivity index (χ0n) is 19.5. The molecule has 1 aliphatic rings. The van der Waals surface area contributed by atoms with Crippen LogP contribution in [0.25, 0.3) is 0 Å². The van der Waals surface area contributed by atoms with Crippen molar-refractivity contribution in [2.75, 3.05) is 11.4 Å². The molecule has 0 radical (unpaired) electrons. The lowest BCUT2D eigenvalue weighted by molar-refractivity contribution is -0.126. The second-order valence-corrected chi connectivity index (χ2v) is 8.65. The Balaban J connectivity index is 1.69. The van der Waals surface area contributed by atoms with Gasteiger partial charge in [-0.05, 0) is 67.3 Å². The molecule has 1 fully saturated rings. The predicted molar refractivity (Wildman–Crippen MR) is 129 cm³/mol. The molecule has 0 bridgehead atoms. The third-order valence-corrected chi connectivity index (χ3v) is 6.21. The molecule has 3 aromatic rings. The van der Waals surface area contributed by atoms with Gasteiger partial charge in [-0.3, -0.25) is 19.3 Å². The Labute approximate surface area is 203 Å². The summed E-state index contributed by atoms with van der Waals surface area (Å²) in [4.78, 5) is 41.0. The van der Waals surface area contributed by atoms with E-state index in [0.717, 1.165) is 31.2 Å². The topological polar surface area (TPSA) is 91.7 Å². The maximum Gasteiger partial charge on any atom is 0.287 e. The Morgan fingerprint density at radius 2 is 1.74 bits per heavy atom. The number of hydrogen-bond donors (Lipinski definition) is 2. The number of hydrogen-bond acceptors (Lipinski definition) is 4. The first kappa shape index (κ1) is 24.2. The van der Waals surface area contributed by atoms with Crippen LogP contribution in [-0.4, -0.2) is 30.3 Å². The molecule has 1 heterocycles. The minimum absolute atomic E-state index is 0.0397. The Hall–Kier alpha value is -3.94. The molecule has 1 saturated carbocycles. The highest BCUT2D eigenvalue weighted by Crippen LogP contribution is 2.31. The van der Waals surface area contributed by atoms with Gasteiger partial charge in [-0.2, -0.15) is 0 Å². The number of aryl methyl sites for hydroxylation is 1. The van der Waals surface area contributed by atoms with Crippen LogP contribution in [0.3, 0.4) is 0 Å². The first-order valence-electron chi connectivity index (χ1n) is 11.7. The van der Waals surface area contributed by atoms with Crippen molar-refractivity contribution in [3.05, 3.63) is 89.6 Å². The summed E-state index contributed by atoms with van der Waals surface area (Å²) < 4.78 is 18.8. The molecule has 0 unspecified atom stereocenters. The highest BCUT2D eigenvalue weighted by atomic mass is 19.1. The van der Waals surface area contributed by atoms with Crippen LogP contribution >= 0.6 is 0 Å². The Morgan fingerprint density at radius 1 is 1.03 bits per heavy atom. The molecule has 8 heteroatoms. The van der Waals surface area contributed by atoms with Gasteiger partial charge in [-0.25, -0.2) is 4.39 Å². The summed E-state index contributed by atoms with van der Waals surface area (Å²) in [7, 11) is 0. The van der Waals surface area contributed by atoms with Gasteiger partial charge in [0.25, 0.3) is 5.91 Å². The highest BCUT2D eigenvalue weighted by molar-refractivity contribution is 6.04. The van der Waals surface area contributed by atoms with Crippen LogP contribution in [-0.2, 0) is 9.59 Å². The quantitative estimate of drug-likeness (QED) is 0.506. The molecule has 1 aromatic heterocycles.